The smallest absolute Gasteiger partial charge is 0.236 e. The van der Waals surface area contributed by atoms with Crippen molar-refractivity contribution in [3.8, 4) is 22.1 Å². The van der Waals surface area contributed by atoms with Crippen LogP contribution in [-0.2, 0) is 20.9 Å². The number of nitrogens with one attached hydrogen (secondary N) is 2. The summed E-state index contributed by atoms with van der Waals surface area (Å²) in [5.41, 5.74) is 4.37. The van der Waals surface area contributed by atoms with Gasteiger partial charge in [-0.3, -0.25) is 19.6 Å². The summed E-state index contributed by atoms with van der Waals surface area (Å²) in [6, 6.07) is 21.0. The van der Waals surface area contributed by atoms with Gasteiger partial charge in [-0.25, -0.2) is 4.39 Å². The number of fused-ring (bicyclic) bond motifs is 1. The number of anilines is 2. The van der Waals surface area contributed by atoms with Gasteiger partial charge in [0, 0.05) is 57.0 Å². The van der Waals surface area contributed by atoms with E-state index < -0.39 is 11.7 Å². The molecule has 0 aliphatic carbocycles. The Balaban J connectivity index is 1.24. The molecule has 44 heavy (non-hydrogen) atoms. The highest BCUT2D eigenvalue weighted by molar-refractivity contribution is 7.22. The number of hydrogen-bond donors (Lipinski definition) is 2. The van der Waals surface area contributed by atoms with Crippen molar-refractivity contribution >= 4 is 44.7 Å². The van der Waals surface area contributed by atoms with Gasteiger partial charge in [0.05, 0.1) is 33.1 Å². The molecular weight excluding hydrogens is 581 g/mol. The molecule has 2 amide bonds. The zero-order chi connectivity index (χ0) is 31.1. The maximum Gasteiger partial charge on any atom is 0.236 e. The van der Waals surface area contributed by atoms with Gasteiger partial charge in [0.2, 0.25) is 11.8 Å². The first-order chi connectivity index (χ1) is 21.3. The first kappa shape index (κ1) is 30.7. The minimum Gasteiger partial charge on any atom is -0.453 e. The van der Waals surface area contributed by atoms with E-state index in [1.807, 2.05) is 55.5 Å². The molecule has 0 aliphatic heterocycles. The van der Waals surface area contributed by atoms with E-state index in [1.54, 1.807) is 26.4 Å². The molecule has 5 rings (SSSR count). The summed E-state index contributed by atoms with van der Waals surface area (Å²) in [5.74, 6) is -1.16. The van der Waals surface area contributed by atoms with Crippen molar-refractivity contribution < 1.29 is 23.5 Å². The predicted molar refractivity (Wildman–Crippen MR) is 171 cm³/mol. The van der Waals surface area contributed by atoms with Gasteiger partial charge in [-0.2, -0.15) is 0 Å². The number of rotatable bonds is 12. The molecule has 0 spiro atoms. The standard InChI is InChI=1S/C33H32FN5O4S/c1-21-7-10-24(11-8-21)39(2)32(41)19-31(40)38-22-9-12-28(25(34)17-22)43-29-13-14-36-27-18-30(44-33(27)29)26-6-4-5-23(37-26)20-35-15-16-42-3/h4-14,17-18,35H,15-16,19-20H2,1-3H3,(H,38,40). The molecule has 0 radical (unpaired) electrons. The third kappa shape index (κ3) is 7.62. The van der Waals surface area contributed by atoms with Gasteiger partial charge in [-0.05, 0) is 49.4 Å². The highest BCUT2D eigenvalue weighted by Gasteiger charge is 2.17. The second-order valence-corrected chi connectivity index (χ2v) is 11.1. The average Bonchev–Trinajstić information content (AvgIpc) is 3.46. The molecule has 11 heteroatoms. The molecule has 3 aromatic heterocycles. The maximum absolute atomic E-state index is 15.1. The fraction of sp³-hybridized carbons (Fsp3) is 0.212. The number of ether oxygens (including phenoxy) is 2. The lowest BCUT2D eigenvalue weighted by atomic mass is 10.2. The molecule has 0 saturated carbocycles. The maximum atomic E-state index is 15.1. The lowest BCUT2D eigenvalue weighted by Crippen LogP contribution is -2.30. The van der Waals surface area contributed by atoms with Crippen LogP contribution in [0.4, 0.5) is 15.8 Å². The van der Waals surface area contributed by atoms with E-state index in [0.717, 1.165) is 39.1 Å². The van der Waals surface area contributed by atoms with Crippen LogP contribution in [0.3, 0.4) is 0 Å². The average molecular weight is 614 g/mol. The summed E-state index contributed by atoms with van der Waals surface area (Å²) in [5, 5.41) is 5.88. The van der Waals surface area contributed by atoms with Crippen LogP contribution in [0, 0.1) is 12.7 Å². The first-order valence-corrected chi connectivity index (χ1v) is 14.8. The van der Waals surface area contributed by atoms with E-state index in [4.69, 9.17) is 14.5 Å². The van der Waals surface area contributed by atoms with Gasteiger partial charge in [0.25, 0.3) is 0 Å². The van der Waals surface area contributed by atoms with E-state index in [9.17, 15) is 9.59 Å². The Morgan fingerprint density at radius 3 is 2.61 bits per heavy atom. The molecule has 0 bridgehead atoms. The first-order valence-electron chi connectivity index (χ1n) is 14.0. The largest absolute Gasteiger partial charge is 0.453 e. The molecule has 9 nitrogen and oxygen atoms in total. The lowest BCUT2D eigenvalue weighted by molar-refractivity contribution is -0.125. The topological polar surface area (TPSA) is 106 Å². The molecule has 5 aromatic rings. The Hall–Kier alpha value is -4.71. The summed E-state index contributed by atoms with van der Waals surface area (Å²) in [6.07, 6.45) is 1.22. The summed E-state index contributed by atoms with van der Waals surface area (Å²) < 4.78 is 26.9. The zero-order valence-corrected chi connectivity index (χ0v) is 25.4. The van der Waals surface area contributed by atoms with E-state index >= 15 is 4.39 Å². The number of carbonyl (C=O) groups excluding carboxylic acids is 2. The Morgan fingerprint density at radius 1 is 1.02 bits per heavy atom. The van der Waals surface area contributed by atoms with E-state index in [0.29, 0.717) is 30.1 Å². The number of carbonyl (C=O) groups is 2. The van der Waals surface area contributed by atoms with Gasteiger partial charge < -0.3 is 25.0 Å². The number of aromatic nitrogens is 2. The van der Waals surface area contributed by atoms with E-state index in [1.165, 1.54) is 28.4 Å². The number of methoxy groups -OCH3 is 1. The Labute approximate surface area is 258 Å². The van der Waals surface area contributed by atoms with Crippen molar-refractivity contribution in [1.82, 2.24) is 15.3 Å². The highest BCUT2D eigenvalue weighted by atomic mass is 32.1. The summed E-state index contributed by atoms with van der Waals surface area (Å²) >= 11 is 1.46. The number of halogens is 1. The SMILES string of the molecule is COCCNCc1cccc(-c2cc3nccc(Oc4ccc(NC(=O)CC(=O)N(C)c5ccc(C)cc5)cc4F)c3s2)n1. The predicted octanol–water partition coefficient (Wildman–Crippen LogP) is 6.33. The van der Waals surface area contributed by atoms with Crippen LogP contribution in [-0.4, -0.2) is 49.1 Å². The van der Waals surface area contributed by atoms with E-state index in [-0.39, 0.29) is 23.8 Å². The minimum atomic E-state index is -0.664. The van der Waals surface area contributed by atoms with Crippen LogP contribution >= 0.6 is 11.3 Å². The summed E-state index contributed by atoms with van der Waals surface area (Å²) in [6.45, 7) is 3.92. The number of aryl methyl sites for hydroxylation is 1. The molecule has 2 aromatic carbocycles. The Bertz CT molecular complexity index is 1780. The molecular formula is C33H32FN5O4S. The Morgan fingerprint density at radius 2 is 1.84 bits per heavy atom. The van der Waals surface area contributed by atoms with Gasteiger partial charge in [-0.1, -0.05) is 23.8 Å². The van der Waals surface area contributed by atoms with E-state index in [2.05, 4.69) is 15.6 Å². The van der Waals surface area contributed by atoms with Gasteiger partial charge in [0.1, 0.15) is 12.2 Å². The number of pyridine rings is 2. The highest BCUT2D eigenvalue weighted by Crippen LogP contribution is 2.39. The molecule has 3 heterocycles. The van der Waals surface area contributed by atoms with Crippen molar-refractivity contribution in [2.75, 3.05) is 37.5 Å². The molecule has 0 aliphatic rings. The molecule has 226 valence electrons. The summed E-state index contributed by atoms with van der Waals surface area (Å²) in [4.78, 5) is 36.7. The summed E-state index contributed by atoms with van der Waals surface area (Å²) in [7, 11) is 3.27. The van der Waals surface area contributed by atoms with Crippen LogP contribution in [0.5, 0.6) is 11.5 Å². The monoisotopic (exact) mass is 613 g/mol. The Kier molecular flexibility index (Phi) is 9.90. The van der Waals surface area contributed by atoms with Crippen LogP contribution in [0.2, 0.25) is 0 Å². The quantitative estimate of drug-likeness (QED) is 0.125. The van der Waals surface area contributed by atoms with Crippen molar-refractivity contribution in [3.05, 3.63) is 96.1 Å². The van der Waals surface area contributed by atoms with Crippen LogP contribution in [0.25, 0.3) is 20.8 Å². The van der Waals surface area contributed by atoms with Crippen LogP contribution in [0.1, 0.15) is 17.7 Å². The number of nitrogens with zero attached hydrogens (tertiary/aromatic N) is 3. The third-order valence-corrected chi connectivity index (χ3v) is 7.93. The van der Waals surface area contributed by atoms with Crippen LogP contribution < -0.4 is 20.3 Å². The van der Waals surface area contributed by atoms with Crippen molar-refractivity contribution in [3.63, 3.8) is 0 Å². The van der Waals surface area contributed by atoms with Crippen molar-refractivity contribution in [2.45, 2.75) is 19.9 Å². The van der Waals surface area contributed by atoms with Gasteiger partial charge >= 0.3 is 0 Å². The minimum absolute atomic E-state index is 0.0112. The molecule has 0 saturated heterocycles. The number of thiophene rings is 1. The third-order valence-electron chi connectivity index (χ3n) is 6.77. The zero-order valence-electron chi connectivity index (χ0n) is 24.6. The van der Waals surface area contributed by atoms with Crippen molar-refractivity contribution in [1.29, 1.82) is 0 Å². The number of benzene rings is 2. The number of amides is 2. The lowest BCUT2D eigenvalue weighted by Gasteiger charge is -2.17. The van der Waals surface area contributed by atoms with Gasteiger partial charge in [-0.15, -0.1) is 11.3 Å². The molecule has 0 atom stereocenters. The fourth-order valence-corrected chi connectivity index (χ4v) is 5.42. The molecule has 0 fully saturated rings. The van der Waals surface area contributed by atoms with Crippen LogP contribution in [0.15, 0.2) is 79.0 Å². The normalized spacial score (nSPS) is 11.0. The van der Waals surface area contributed by atoms with Crippen molar-refractivity contribution in [2.24, 2.45) is 0 Å². The second kappa shape index (κ2) is 14.2. The van der Waals surface area contributed by atoms with Gasteiger partial charge in [0.15, 0.2) is 11.6 Å². The fourth-order valence-electron chi connectivity index (χ4n) is 4.38. The molecule has 0 unspecified atom stereocenters. The second-order valence-electron chi connectivity index (χ2n) is 10.1. The number of hydrogen-bond acceptors (Lipinski definition) is 8. The molecule has 2 N–H and O–H groups in total.